The van der Waals surface area contributed by atoms with Crippen LogP contribution in [0.15, 0.2) is 47.6 Å². The number of benzene rings is 1. The van der Waals surface area contributed by atoms with E-state index in [0.29, 0.717) is 25.4 Å². The van der Waals surface area contributed by atoms with Crippen LogP contribution in [0.1, 0.15) is 5.56 Å². The van der Waals surface area contributed by atoms with E-state index in [1.807, 2.05) is 41.4 Å². The Morgan fingerprint density at radius 3 is 2.48 bits per heavy atom. The van der Waals surface area contributed by atoms with E-state index in [-0.39, 0.29) is 29.8 Å². The maximum absolute atomic E-state index is 14.6. The van der Waals surface area contributed by atoms with Crippen LogP contribution in [0, 0.1) is 5.82 Å². The second kappa shape index (κ2) is 11.5. The van der Waals surface area contributed by atoms with Crippen LogP contribution in [-0.4, -0.2) is 75.4 Å². The summed E-state index contributed by atoms with van der Waals surface area (Å²) in [5.74, 6) is 1.67. The number of hydrogen-bond donors (Lipinski definition) is 1. The number of aliphatic imine (C=N–C) groups is 1. The molecule has 0 amide bonds. The molecule has 3 heterocycles. The van der Waals surface area contributed by atoms with Crippen molar-refractivity contribution in [3.05, 3.63) is 54.0 Å². The fourth-order valence-corrected chi connectivity index (χ4v) is 3.92. The topological polar surface area (TPSA) is 56.2 Å². The van der Waals surface area contributed by atoms with Gasteiger partial charge in [-0.2, -0.15) is 0 Å². The third-order valence-electron chi connectivity index (χ3n) is 5.58. The highest BCUT2D eigenvalue weighted by Crippen LogP contribution is 2.21. The third-order valence-corrected chi connectivity index (χ3v) is 5.58. The van der Waals surface area contributed by atoms with Crippen molar-refractivity contribution in [3.8, 4) is 0 Å². The van der Waals surface area contributed by atoms with Crippen molar-refractivity contribution in [2.75, 3.05) is 69.3 Å². The van der Waals surface area contributed by atoms with Crippen LogP contribution >= 0.6 is 24.0 Å². The second-order valence-electron chi connectivity index (χ2n) is 7.45. The Morgan fingerprint density at radius 1 is 1.06 bits per heavy atom. The van der Waals surface area contributed by atoms with E-state index >= 15 is 0 Å². The molecule has 9 heteroatoms. The summed E-state index contributed by atoms with van der Waals surface area (Å²) in [6, 6.07) is 11.4. The molecule has 0 radical (unpaired) electrons. The molecule has 0 aliphatic carbocycles. The molecule has 31 heavy (non-hydrogen) atoms. The van der Waals surface area contributed by atoms with Gasteiger partial charge in [-0.3, -0.25) is 4.99 Å². The lowest BCUT2D eigenvalue weighted by Gasteiger charge is -2.37. The Hall–Kier alpha value is -2.14. The standard InChI is InChI=1S/C22H29FN6O.HI/c1-24-22(29-10-8-28(9-11-29)21-4-2-3-7-25-21)26-17-18-5-6-20(19(23)16-18)27-12-14-30-15-13-27;/h2-7,16H,8-15,17H2,1H3,(H,24,26);1H. The molecule has 4 rings (SSSR count). The highest BCUT2D eigenvalue weighted by molar-refractivity contribution is 14.0. The van der Waals surface area contributed by atoms with Gasteiger partial charge < -0.3 is 24.8 Å². The molecular formula is C22H30FIN6O. The SMILES string of the molecule is CN=C(NCc1ccc(N2CCOCC2)c(F)c1)N1CCN(c2ccccn2)CC1.I. The van der Waals surface area contributed by atoms with Crippen LogP contribution in [0.25, 0.3) is 0 Å². The number of hydrogen-bond acceptors (Lipinski definition) is 5. The van der Waals surface area contributed by atoms with Gasteiger partial charge in [0.2, 0.25) is 0 Å². The molecule has 0 saturated carbocycles. The molecule has 7 nitrogen and oxygen atoms in total. The predicted octanol–water partition coefficient (Wildman–Crippen LogP) is 2.57. The van der Waals surface area contributed by atoms with Crippen LogP contribution in [0.4, 0.5) is 15.9 Å². The molecule has 0 spiro atoms. The molecule has 0 unspecified atom stereocenters. The first-order chi connectivity index (χ1) is 14.7. The van der Waals surface area contributed by atoms with Crippen LogP contribution in [0.3, 0.4) is 0 Å². The monoisotopic (exact) mass is 540 g/mol. The smallest absolute Gasteiger partial charge is 0.194 e. The second-order valence-corrected chi connectivity index (χ2v) is 7.45. The summed E-state index contributed by atoms with van der Waals surface area (Å²) in [5.41, 5.74) is 1.55. The lowest BCUT2D eigenvalue weighted by atomic mass is 10.1. The Kier molecular flexibility index (Phi) is 8.70. The highest BCUT2D eigenvalue weighted by Gasteiger charge is 2.20. The number of guanidine groups is 1. The number of aromatic nitrogens is 1. The average Bonchev–Trinajstić information content (AvgIpc) is 2.81. The van der Waals surface area contributed by atoms with Crippen molar-refractivity contribution >= 4 is 41.4 Å². The fourth-order valence-electron chi connectivity index (χ4n) is 3.92. The number of nitrogens with zero attached hydrogens (tertiary/aromatic N) is 5. The van der Waals surface area contributed by atoms with Crippen molar-refractivity contribution in [2.24, 2.45) is 4.99 Å². The van der Waals surface area contributed by atoms with Crippen molar-refractivity contribution in [1.82, 2.24) is 15.2 Å². The van der Waals surface area contributed by atoms with Crippen molar-refractivity contribution in [1.29, 1.82) is 0 Å². The zero-order chi connectivity index (χ0) is 20.8. The minimum atomic E-state index is -0.185. The number of piperazine rings is 1. The zero-order valence-electron chi connectivity index (χ0n) is 17.8. The van der Waals surface area contributed by atoms with Gasteiger partial charge in [0.25, 0.3) is 0 Å². The van der Waals surface area contributed by atoms with Crippen molar-refractivity contribution in [3.63, 3.8) is 0 Å². The van der Waals surface area contributed by atoms with Gasteiger partial charge in [0.05, 0.1) is 18.9 Å². The van der Waals surface area contributed by atoms with E-state index in [2.05, 4.69) is 25.1 Å². The first-order valence-corrected chi connectivity index (χ1v) is 10.5. The van der Waals surface area contributed by atoms with E-state index in [9.17, 15) is 4.39 Å². The Morgan fingerprint density at radius 2 is 1.84 bits per heavy atom. The predicted molar refractivity (Wildman–Crippen MR) is 133 cm³/mol. The maximum Gasteiger partial charge on any atom is 0.194 e. The lowest BCUT2D eigenvalue weighted by molar-refractivity contribution is 0.122. The van der Waals surface area contributed by atoms with Crippen molar-refractivity contribution < 1.29 is 9.13 Å². The lowest BCUT2D eigenvalue weighted by Crippen LogP contribution is -2.52. The first kappa shape index (κ1) is 23.5. The Labute approximate surface area is 200 Å². The van der Waals surface area contributed by atoms with Gasteiger partial charge in [-0.1, -0.05) is 12.1 Å². The van der Waals surface area contributed by atoms with Gasteiger partial charge >= 0.3 is 0 Å². The van der Waals surface area contributed by atoms with Crippen LogP contribution in [0.5, 0.6) is 0 Å². The summed E-state index contributed by atoms with van der Waals surface area (Å²) < 4.78 is 20.0. The summed E-state index contributed by atoms with van der Waals surface area (Å²) in [7, 11) is 1.79. The summed E-state index contributed by atoms with van der Waals surface area (Å²) in [6.45, 7) is 6.78. The minimum Gasteiger partial charge on any atom is -0.378 e. The number of ether oxygens (including phenoxy) is 1. The molecule has 2 aromatic rings. The molecule has 168 valence electrons. The molecule has 0 atom stereocenters. The van der Waals surface area contributed by atoms with Crippen molar-refractivity contribution in [2.45, 2.75) is 6.54 Å². The molecule has 2 aliphatic rings. The van der Waals surface area contributed by atoms with Gasteiger partial charge in [0.15, 0.2) is 5.96 Å². The summed E-state index contributed by atoms with van der Waals surface area (Å²) in [4.78, 5) is 15.4. The van der Waals surface area contributed by atoms with Gasteiger partial charge in [-0.25, -0.2) is 9.37 Å². The molecule has 1 N–H and O–H groups in total. The van der Waals surface area contributed by atoms with E-state index in [1.54, 1.807) is 13.1 Å². The number of morpholine rings is 1. The normalized spacial score (nSPS) is 17.4. The van der Waals surface area contributed by atoms with E-state index < -0.39 is 0 Å². The number of pyridine rings is 1. The molecule has 2 fully saturated rings. The van der Waals surface area contributed by atoms with Gasteiger partial charge in [0.1, 0.15) is 11.6 Å². The molecule has 2 saturated heterocycles. The minimum absolute atomic E-state index is 0. The van der Waals surface area contributed by atoms with Gasteiger partial charge in [-0.15, -0.1) is 24.0 Å². The molecule has 1 aromatic carbocycles. The largest absolute Gasteiger partial charge is 0.378 e. The number of nitrogens with one attached hydrogen (secondary N) is 1. The number of halogens is 2. The van der Waals surface area contributed by atoms with E-state index in [4.69, 9.17) is 4.74 Å². The zero-order valence-corrected chi connectivity index (χ0v) is 20.2. The molecule has 0 bridgehead atoms. The molecular weight excluding hydrogens is 510 g/mol. The quantitative estimate of drug-likeness (QED) is 0.366. The Balaban J connectivity index is 0.00000272. The highest BCUT2D eigenvalue weighted by atomic mass is 127. The van der Waals surface area contributed by atoms with Crippen LogP contribution in [0.2, 0.25) is 0 Å². The van der Waals surface area contributed by atoms with Gasteiger partial charge in [0, 0.05) is 59.1 Å². The van der Waals surface area contributed by atoms with E-state index in [1.165, 1.54) is 0 Å². The fraction of sp³-hybridized carbons (Fsp3) is 0.455. The van der Waals surface area contributed by atoms with Crippen LogP contribution < -0.4 is 15.1 Å². The van der Waals surface area contributed by atoms with Crippen LogP contribution in [-0.2, 0) is 11.3 Å². The Bertz CT molecular complexity index is 854. The van der Waals surface area contributed by atoms with Gasteiger partial charge in [-0.05, 0) is 29.8 Å². The summed E-state index contributed by atoms with van der Waals surface area (Å²) in [5, 5.41) is 3.38. The third kappa shape index (κ3) is 5.97. The van der Waals surface area contributed by atoms with E-state index in [0.717, 1.165) is 56.6 Å². The average molecular weight is 540 g/mol. The number of rotatable bonds is 4. The first-order valence-electron chi connectivity index (χ1n) is 10.5. The molecule has 2 aliphatic heterocycles. The molecule has 1 aromatic heterocycles. The summed E-state index contributed by atoms with van der Waals surface area (Å²) in [6.07, 6.45) is 1.83. The maximum atomic E-state index is 14.6. The summed E-state index contributed by atoms with van der Waals surface area (Å²) >= 11 is 0. The number of anilines is 2.